The van der Waals surface area contributed by atoms with Gasteiger partial charge in [0.25, 0.3) is 5.91 Å². The van der Waals surface area contributed by atoms with Gasteiger partial charge >= 0.3 is 0 Å². The molecule has 0 heterocycles. The van der Waals surface area contributed by atoms with Crippen LogP contribution in [0.4, 0.5) is 0 Å². The molecule has 5 nitrogen and oxygen atoms in total. The van der Waals surface area contributed by atoms with Gasteiger partial charge in [0.1, 0.15) is 0 Å². The highest BCUT2D eigenvalue weighted by Crippen LogP contribution is 2.30. The minimum Gasteiger partial charge on any atom is -0.493 e. The predicted molar refractivity (Wildman–Crippen MR) is 77.5 cm³/mol. The summed E-state index contributed by atoms with van der Waals surface area (Å²) >= 11 is 0. The van der Waals surface area contributed by atoms with Crippen molar-refractivity contribution in [2.24, 2.45) is 5.73 Å². The van der Waals surface area contributed by atoms with Gasteiger partial charge in [-0.3, -0.25) is 4.79 Å². The Morgan fingerprint density at radius 2 is 2.15 bits per heavy atom. The predicted octanol–water partition coefficient (Wildman–Crippen LogP) is 1.23. The third-order valence-corrected chi connectivity index (χ3v) is 2.75. The minimum absolute atomic E-state index is 0.102. The van der Waals surface area contributed by atoms with Crippen molar-refractivity contribution in [1.82, 2.24) is 5.32 Å². The molecular formula is C15H20N2O3. The number of ether oxygens (including phenoxy) is 2. The summed E-state index contributed by atoms with van der Waals surface area (Å²) in [5, 5.41) is 2.56. The van der Waals surface area contributed by atoms with E-state index in [0.717, 1.165) is 5.56 Å². The van der Waals surface area contributed by atoms with Gasteiger partial charge in [0.15, 0.2) is 17.6 Å². The Hall–Kier alpha value is -2.19. The first-order valence-electron chi connectivity index (χ1n) is 6.31. The smallest absolute Gasteiger partial charge is 0.261 e. The summed E-state index contributed by atoms with van der Waals surface area (Å²) in [6.07, 6.45) is 4.41. The quantitative estimate of drug-likeness (QED) is 0.766. The van der Waals surface area contributed by atoms with Crippen molar-refractivity contribution < 1.29 is 14.3 Å². The van der Waals surface area contributed by atoms with Crippen LogP contribution in [0, 0.1) is 12.3 Å². The zero-order valence-electron chi connectivity index (χ0n) is 12.0. The Morgan fingerprint density at radius 1 is 1.45 bits per heavy atom. The lowest BCUT2D eigenvalue weighted by Crippen LogP contribution is -2.36. The van der Waals surface area contributed by atoms with E-state index in [0.29, 0.717) is 11.5 Å². The molecule has 3 N–H and O–H groups in total. The van der Waals surface area contributed by atoms with Crippen molar-refractivity contribution in [3.8, 4) is 23.8 Å². The van der Waals surface area contributed by atoms with E-state index in [1.54, 1.807) is 19.1 Å². The molecule has 108 valence electrons. The Bertz CT molecular complexity index is 506. The molecule has 0 aliphatic rings. The molecule has 0 radical (unpaired) electrons. The lowest BCUT2D eigenvalue weighted by Gasteiger charge is -2.17. The highest BCUT2D eigenvalue weighted by molar-refractivity contribution is 5.81. The Morgan fingerprint density at radius 3 is 2.70 bits per heavy atom. The number of nitrogens with one attached hydrogen (secondary N) is 1. The molecule has 1 aromatic rings. The number of rotatable bonds is 6. The Kier molecular flexibility index (Phi) is 5.88. The van der Waals surface area contributed by atoms with Gasteiger partial charge in [-0.1, -0.05) is 12.0 Å². The van der Waals surface area contributed by atoms with Gasteiger partial charge in [0.2, 0.25) is 0 Å². The van der Waals surface area contributed by atoms with Gasteiger partial charge in [-0.15, -0.1) is 6.42 Å². The first kappa shape index (κ1) is 15.9. The number of hydrogen-bond donors (Lipinski definition) is 2. The monoisotopic (exact) mass is 276 g/mol. The summed E-state index contributed by atoms with van der Waals surface area (Å²) in [6.45, 7) is 3.70. The topological polar surface area (TPSA) is 73.6 Å². The van der Waals surface area contributed by atoms with E-state index < -0.39 is 6.10 Å². The lowest BCUT2D eigenvalue weighted by atomic mass is 10.1. The second-order valence-corrected chi connectivity index (χ2v) is 4.38. The fraction of sp³-hybridized carbons (Fsp3) is 0.400. The lowest BCUT2D eigenvalue weighted by molar-refractivity contribution is -0.127. The number of benzene rings is 1. The number of carbonyl (C=O) groups excluding carboxylic acids is 1. The molecule has 0 bridgehead atoms. The van der Waals surface area contributed by atoms with Gasteiger partial charge in [-0.05, 0) is 31.5 Å². The van der Waals surface area contributed by atoms with E-state index in [1.807, 2.05) is 13.0 Å². The van der Waals surface area contributed by atoms with E-state index in [9.17, 15) is 4.79 Å². The van der Waals surface area contributed by atoms with Crippen molar-refractivity contribution in [2.75, 3.05) is 13.7 Å². The summed E-state index contributed by atoms with van der Waals surface area (Å²) in [5.74, 6) is 3.08. The zero-order valence-corrected chi connectivity index (χ0v) is 12.0. The molecule has 0 spiro atoms. The normalized spacial score (nSPS) is 12.9. The Labute approximate surface area is 119 Å². The molecule has 20 heavy (non-hydrogen) atoms. The van der Waals surface area contributed by atoms with Crippen LogP contribution in [0.5, 0.6) is 11.5 Å². The number of methoxy groups -OCH3 is 1. The van der Waals surface area contributed by atoms with Crippen LogP contribution in [-0.2, 0) is 4.79 Å². The molecule has 0 aliphatic carbocycles. The molecule has 1 aromatic carbocycles. The Balaban J connectivity index is 2.81. The number of terminal acetylenes is 1. The maximum Gasteiger partial charge on any atom is 0.261 e. The van der Waals surface area contributed by atoms with Gasteiger partial charge in [-0.2, -0.15) is 0 Å². The van der Waals surface area contributed by atoms with Crippen LogP contribution in [0.1, 0.15) is 25.5 Å². The summed E-state index contributed by atoms with van der Waals surface area (Å²) < 4.78 is 10.8. The summed E-state index contributed by atoms with van der Waals surface area (Å²) in [4.78, 5) is 11.7. The van der Waals surface area contributed by atoms with Crippen LogP contribution in [0.15, 0.2) is 18.2 Å². The van der Waals surface area contributed by atoms with Crippen LogP contribution < -0.4 is 20.5 Å². The highest BCUT2D eigenvalue weighted by Gasteiger charge is 2.16. The van der Waals surface area contributed by atoms with Crippen molar-refractivity contribution in [3.63, 3.8) is 0 Å². The molecule has 0 aliphatic heterocycles. The summed E-state index contributed by atoms with van der Waals surface area (Å²) in [7, 11) is 1.54. The second-order valence-electron chi connectivity index (χ2n) is 4.38. The van der Waals surface area contributed by atoms with Gasteiger partial charge in [0.05, 0.1) is 13.7 Å². The third-order valence-electron chi connectivity index (χ3n) is 2.75. The van der Waals surface area contributed by atoms with Crippen LogP contribution in [-0.4, -0.2) is 25.7 Å². The molecule has 0 aromatic heterocycles. The molecule has 1 unspecified atom stereocenters. The SMILES string of the molecule is C#CCNC(=O)C(C)Oc1ccc([C@@H](C)N)cc1OC. The van der Waals surface area contributed by atoms with Crippen LogP contribution in [0.3, 0.4) is 0 Å². The van der Waals surface area contributed by atoms with Crippen molar-refractivity contribution in [2.45, 2.75) is 26.0 Å². The molecule has 0 saturated carbocycles. The van der Waals surface area contributed by atoms with E-state index in [4.69, 9.17) is 21.6 Å². The maximum atomic E-state index is 11.7. The van der Waals surface area contributed by atoms with E-state index >= 15 is 0 Å². The zero-order chi connectivity index (χ0) is 15.1. The highest BCUT2D eigenvalue weighted by atomic mass is 16.5. The minimum atomic E-state index is -0.668. The van der Waals surface area contributed by atoms with Gasteiger partial charge < -0.3 is 20.5 Å². The largest absolute Gasteiger partial charge is 0.493 e. The van der Waals surface area contributed by atoms with Crippen molar-refractivity contribution in [1.29, 1.82) is 0 Å². The van der Waals surface area contributed by atoms with Crippen molar-refractivity contribution >= 4 is 5.91 Å². The van der Waals surface area contributed by atoms with E-state index in [-0.39, 0.29) is 18.5 Å². The van der Waals surface area contributed by atoms with Gasteiger partial charge in [0, 0.05) is 6.04 Å². The average molecular weight is 276 g/mol. The first-order chi connectivity index (χ1) is 9.49. The second kappa shape index (κ2) is 7.41. The molecule has 1 rings (SSSR count). The maximum absolute atomic E-state index is 11.7. The third kappa shape index (κ3) is 4.18. The standard InChI is InChI=1S/C15H20N2O3/c1-5-8-17-15(18)11(3)20-13-7-6-12(10(2)16)9-14(13)19-4/h1,6-7,9-11H,8,16H2,2-4H3,(H,17,18)/t10-,11?/m1/s1. The van der Waals surface area contributed by atoms with E-state index in [1.165, 1.54) is 7.11 Å². The molecule has 2 atom stereocenters. The average Bonchev–Trinajstić information content (AvgIpc) is 2.44. The van der Waals surface area contributed by atoms with E-state index in [2.05, 4.69) is 11.2 Å². The van der Waals surface area contributed by atoms with Crippen LogP contribution >= 0.6 is 0 Å². The fourth-order valence-corrected chi connectivity index (χ4v) is 1.59. The number of nitrogens with two attached hydrogens (primary N) is 1. The van der Waals surface area contributed by atoms with Crippen molar-refractivity contribution in [3.05, 3.63) is 23.8 Å². The molecule has 0 saturated heterocycles. The fourth-order valence-electron chi connectivity index (χ4n) is 1.59. The molecule has 5 heteroatoms. The van der Waals surface area contributed by atoms with Crippen LogP contribution in [0.2, 0.25) is 0 Å². The number of amides is 1. The van der Waals surface area contributed by atoms with Gasteiger partial charge in [-0.25, -0.2) is 0 Å². The first-order valence-corrected chi connectivity index (χ1v) is 6.31. The summed E-state index contributed by atoms with van der Waals surface area (Å²) in [6, 6.07) is 5.28. The molecule has 1 amide bonds. The molecular weight excluding hydrogens is 256 g/mol. The summed E-state index contributed by atoms with van der Waals surface area (Å²) in [5.41, 5.74) is 6.74. The molecule has 0 fully saturated rings. The van der Waals surface area contributed by atoms with Crippen LogP contribution in [0.25, 0.3) is 0 Å². The number of carbonyl (C=O) groups is 1. The number of hydrogen-bond acceptors (Lipinski definition) is 4.